The molecule has 1 heterocycles. The number of halogens is 1. The summed E-state index contributed by atoms with van der Waals surface area (Å²) in [4.78, 5) is 49.7. The molecule has 0 bridgehead atoms. The van der Waals surface area contributed by atoms with Gasteiger partial charge in [-0.3, -0.25) is 14.9 Å². The number of hydrogen-bond acceptors (Lipinski definition) is 5. The Kier molecular flexibility index (Phi) is 6.79. The molecular weight excluding hydrogens is 516 g/mol. The van der Waals surface area contributed by atoms with Gasteiger partial charge < -0.3 is 9.84 Å². The summed E-state index contributed by atoms with van der Waals surface area (Å²) in [6.45, 7) is 2.07. The molecule has 0 unspecified atom stereocenters. The van der Waals surface area contributed by atoms with Crippen LogP contribution in [0.1, 0.15) is 27.0 Å². The van der Waals surface area contributed by atoms with Crippen LogP contribution in [0.25, 0.3) is 6.08 Å². The molecule has 9 heteroatoms. The van der Waals surface area contributed by atoms with Crippen LogP contribution in [0.3, 0.4) is 0 Å². The topological polar surface area (TPSA) is 113 Å². The molecule has 3 aromatic carbocycles. The van der Waals surface area contributed by atoms with Crippen LogP contribution >= 0.6 is 15.9 Å². The van der Waals surface area contributed by atoms with Crippen LogP contribution in [0.4, 0.5) is 10.5 Å². The Bertz CT molecular complexity index is 1360. The molecule has 176 valence electrons. The van der Waals surface area contributed by atoms with E-state index in [1.54, 1.807) is 54.6 Å². The summed E-state index contributed by atoms with van der Waals surface area (Å²) in [6.07, 6.45) is 1.41. The second-order valence-electron chi connectivity index (χ2n) is 7.75. The molecule has 0 atom stereocenters. The van der Waals surface area contributed by atoms with Crippen molar-refractivity contribution in [3.63, 3.8) is 0 Å². The first-order chi connectivity index (χ1) is 16.7. The number of carboxylic acids is 1. The van der Waals surface area contributed by atoms with Gasteiger partial charge in [-0.2, -0.15) is 0 Å². The zero-order valence-corrected chi connectivity index (χ0v) is 20.0. The molecule has 0 aliphatic carbocycles. The van der Waals surface area contributed by atoms with E-state index in [-0.39, 0.29) is 17.7 Å². The van der Waals surface area contributed by atoms with Gasteiger partial charge in [-0.1, -0.05) is 40.2 Å². The summed E-state index contributed by atoms with van der Waals surface area (Å²) in [5.74, 6) is -1.93. The van der Waals surface area contributed by atoms with Gasteiger partial charge in [0.15, 0.2) is 0 Å². The lowest BCUT2D eigenvalue weighted by Gasteiger charge is -2.26. The Morgan fingerprint density at radius 2 is 1.71 bits per heavy atom. The molecule has 35 heavy (non-hydrogen) atoms. The van der Waals surface area contributed by atoms with Crippen LogP contribution in [0, 0.1) is 6.92 Å². The molecular formula is C26H19BrN2O6. The van der Waals surface area contributed by atoms with Crippen LogP contribution in [0.15, 0.2) is 76.8 Å². The molecule has 0 saturated carbocycles. The third kappa shape index (κ3) is 5.30. The molecule has 0 radical (unpaired) electrons. The number of rotatable bonds is 6. The smallest absolute Gasteiger partial charge is 0.335 e. The van der Waals surface area contributed by atoms with Gasteiger partial charge in [0.2, 0.25) is 0 Å². The second kappa shape index (κ2) is 9.94. The first-order valence-electron chi connectivity index (χ1n) is 10.5. The summed E-state index contributed by atoms with van der Waals surface area (Å²) in [5, 5.41) is 11.2. The fourth-order valence-corrected chi connectivity index (χ4v) is 3.64. The van der Waals surface area contributed by atoms with E-state index < -0.39 is 23.8 Å². The number of nitrogens with zero attached hydrogens (tertiary/aromatic N) is 1. The molecule has 2 N–H and O–H groups in total. The van der Waals surface area contributed by atoms with Crippen LogP contribution in [-0.2, 0) is 16.2 Å². The molecule has 1 saturated heterocycles. The maximum absolute atomic E-state index is 13.0. The van der Waals surface area contributed by atoms with Crippen molar-refractivity contribution in [2.24, 2.45) is 0 Å². The molecule has 1 aliphatic heterocycles. The minimum absolute atomic E-state index is 0.169. The molecule has 4 rings (SSSR count). The quantitative estimate of drug-likeness (QED) is 0.350. The van der Waals surface area contributed by atoms with Crippen molar-refractivity contribution in [2.75, 3.05) is 4.90 Å². The summed E-state index contributed by atoms with van der Waals surface area (Å²) < 4.78 is 6.55. The number of nitrogens with one attached hydrogen (secondary N) is 1. The Morgan fingerprint density at radius 1 is 1.03 bits per heavy atom. The number of imide groups is 2. The number of carbonyl (C=O) groups excluding carboxylic acids is 3. The van der Waals surface area contributed by atoms with E-state index >= 15 is 0 Å². The Labute approximate surface area is 209 Å². The van der Waals surface area contributed by atoms with Crippen molar-refractivity contribution in [2.45, 2.75) is 13.5 Å². The predicted molar refractivity (Wildman–Crippen MR) is 132 cm³/mol. The number of anilines is 1. The number of urea groups is 1. The van der Waals surface area contributed by atoms with E-state index in [9.17, 15) is 19.2 Å². The van der Waals surface area contributed by atoms with Gasteiger partial charge in [0.05, 0.1) is 11.3 Å². The number of barbiturate groups is 1. The van der Waals surface area contributed by atoms with Gasteiger partial charge in [0.25, 0.3) is 11.8 Å². The third-order valence-electron chi connectivity index (χ3n) is 5.30. The molecule has 1 fully saturated rings. The van der Waals surface area contributed by atoms with Crippen molar-refractivity contribution < 1.29 is 29.0 Å². The van der Waals surface area contributed by atoms with Gasteiger partial charge in [-0.05, 0) is 72.2 Å². The van der Waals surface area contributed by atoms with Gasteiger partial charge in [0, 0.05) is 4.47 Å². The molecule has 3 aromatic rings. The highest BCUT2D eigenvalue weighted by molar-refractivity contribution is 9.10. The van der Waals surface area contributed by atoms with Crippen LogP contribution in [-0.4, -0.2) is 28.9 Å². The highest BCUT2D eigenvalue weighted by Gasteiger charge is 2.36. The van der Waals surface area contributed by atoms with Crippen molar-refractivity contribution in [3.05, 3.63) is 99.0 Å². The van der Waals surface area contributed by atoms with Gasteiger partial charge >= 0.3 is 12.0 Å². The van der Waals surface area contributed by atoms with E-state index in [2.05, 4.69) is 21.2 Å². The van der Waals surface area contributed by atoms with Crippen LogP contribution < -0.4 is 15.0 Å². The minimum atomic E-state index is -0.994. The van der Waals surface area contributed by atoms with Crippen molar-refractivity contribution >= 4 is 51.5 Å². The van der Waals surface area contributed by atoms with E-state index in [4.69, 9.17) is 9.84 Å². The fourth-order valence-electron chi connectivity index (χ4n) is 3.40. The SMILES string of the molecule is Cc1cc(N2C(=O)NC(=O)/C(=C\c3ccc(OCc4ccc(C(=O)O)cc4)cc3)C2=O)ccc1Br. The average molecular weight is 535 g/mol. The standard InChI is InChI=1S/C26H19BrN2O6/c1-15-12-19(8-11-22(15)27)29-24(31)21(23(30)28-26(29)34)13-16-4-9-20(10-5-16)35-14-17-2-6-18(7-3-17)25(32)33/h2-13H,14H2,1H3,(H,32,33)(H,28,30,34)/b21-13+. The van der Waals surface area contributed by atoms with E-state index in [1.807, 2.05) is 6.92 Å². The van der Waals surface area contributed by atoms with Crippen molar-refractivity contribution in [1.29, 1.82) is 0 Å². The molecule has 0 aromatic heterocycles. The van der Waals surface area contributed by atoms with Gasteiger partial charge in [0.1, 0.15) is 17.9 Å². The number of carbonyl (C=O) groups is 4. The number of benzene rings is 3. The number of amides is 4. The lowest BCUT2D eigenvalue weighted by molar-refractivity contribution is -0.122. The van der Waals surface area contributed by atoms with Crippen molar-refractivity contribution in [1.82, 2.24) is 5.32 Å². The zero-order chi connectivity index (χ0) is 25.1. The van der Waals surface area contributed by atoms with Gasteiger partial charge in [-0.15, -0.1) is 0 Å². The summed E-state index contributed by atoms with van der Waals surface area (Å²) >= 11 is 3.39. The molecule has 4 amide bonds. The number of carboxylic acid groups (broad SMARTS) is 1. The number of aryl methyl sites for hydroxylation is 1. The van der Waals surface area contributed by atoms with Gasteiger partial charge in [-0.25, -0.2) is 14.5 Å². The van der Waals surface area contributed by atoms with E-state index in [1.165, 1.54) is 18.2 Å². The zero-order valence-electron chi connectivity index (χ0n) is 18.4. The lowest BCUT2D eigenvalue weighted by atomic mass is 10.1. The van der Waals surface area contributed by atoms with Crippen molar-refractivity contribution in [3.8, 4) is 5.75 Å². The van der Waals surface area contributed by atoms with E-state index in [0.29, 0.717) is 17.0 Å². The van der Waals surface area contributed by atoms with Crippen LogP contribution in [0.5, 0.6) is 5.75 Å². The molecule has 1 aliphatic rings. The average Bonchev–Trinajstić information content (AvgIpc) is 2.83. The minimum Gasteiger partial charge on any atom is -0.489 e. The Morgan fingerprint density at radius 3 is 2.34 bits per heavy atom. The number of ether oxygens (including phenoxy) is 1. The summed E-state index contributed by atoms with van der Waals surface area (Å²) in [7, 11) is 0. The monoisotopic (exact) mass is 534 g/mol. The predicted octanol–water partition coefficient (Wildman–Crippen LogP) is 4.70. The second-order valence-corrected chi connectivity index (χ2v) is 8.61. The largest absolute Gasteiger partial charge is 0.489 e. The molecule has 8 nitrogen and oxygen atoms in total. The first kappa shape index (κ1) is 23.9. The highest BCUT2D eigenvalue weighted by Crippen LogP contribution is 2.26. The number of aromatic carboxylic acids is 1. The van der Waals surface area contributed by atoms with E-state index in [0.717, 1.165) is 20.5 Å². The first-order valence-corrected chi connectivity index (χ1v) is 11.2. The maximum Gasteiger partial charge on any atom is 0.335 e. The Balaban J connectivity index is 1.49. The third-order valence-corrected chi connectivity index (χ3v) is 6.19. The highest BCUT2D eigenvalue weighted by atomic mass is 79.9. The Hall–Kier alpha value is -4.24. The molecule has 0 spiro atoms. The maximum atomic E-state index is 13.0. The van der Waals surface area contributed by atoms with Crippen LogP contribution in [0.2, 0.25) is 0 Å². The summed E-state index contributed by atoms with van der Waals surface area (Å²) in [5.41, 5.74) is 2.59. The lowest BCUT2D eigenvalue weighted by Crippen LogP contribution is -2.54. The normalized spacial score (nSPS) is 14.7. The summed E-state index contributed by atoms with van der Waals surface area (Å²) in [6, 6.07) is 17.3. The fraction of sp³-hybridized carbons (Fsp3) is 0.0769. The number of hydrogen-bond donors (Lipinski definition) is 2.